The Morgan fingerprint density at radius 3 is 2.63 bits per heavy atom. The molecule has 0 aliphatic carbocycles. The molecule has 1 aliphatic heterocycles. The maximum atomic E-state index is 12.3. The van der Waals surface area contributed by atoms with Crippen molar-refractivity contribution in [3.8, 4) is 0 Å². The summed E-state index contributed by atoms with van der Waals surface area (Å²) in [5.74, 6) is -0.226. The van der Waals surface area contributed by atoms with E-state index in [0.29, 0.717) is 0 Å². The molecule has 1 N–H and O–H groups in total. The first kappa shape index (κ1) is 14.2. The highest BCUT2D eigenvalue weighted by atomic mass is 32.2. The van der Waals surface area contributed by atoms with Gasteiger partial charge in [0.05, 0.1) is 11.5 Å². The average molecular weight is 306 g/mol. The van der Waals surface area contributed by atoms with Gasteiger partial charge in [-0.1, -0.05) is 0 Å². The van der Waals surface area contributed by atoms with Crippen LogP contribution in [0.4, 0.5) is 0 Å². The second-order valence-electron chi connectivity index (χ2n) is 4.45. The Bertz CT molecular complexity index is 735. The summed E-state index contributed by atoms with van der Waals surface area (Å²) >= 11 is 0. The lowest BCUT2D eigenvalue weighted by atomic mass is 10.3. The second-order valence-corrected chi connectivity index (χ2v) is 8.65. The van der Waals surface area contributed by atoms with E-state index in [9.17, 15) is 21.6 Å². The average Bonchev–Trinajstić information content (AvgIpc) is 2.69. The Kier molecular flexibility index (Phi) is 3.54. The molecular weight excluding hydrogens is 292 g/mol. The molecule has 7 nitrogen and oxygen atoms in total. The van der Waals surface area contributed by atoms with Crippen LogP contribution >= 0.6 is 0 Å². The van der Waals surface area contributed by atoms with Gasteiger partial charge in [0.25, 0.3) is 0 Å². The molecule has 1 fully saturated rings. The summed E-state index contributed by atoms with van der Waals surface area (Å²) in [6.07, 6.45) is 2.70. The van der Waals surface area contributed by atoms with Gasteiger partial charge < -0.3 is 4.98 Å². The molecule has 0 bridgehead atoms. The van der Waals surface area contributed by atoms with Crippen LogP contribution < -0.4 is 5.43 Å². The van der Waals surface area contributed by atoms with Crippen LogP contribution in [0.3, 0.4) is 0 Å². The number of pyridine rings is 1. The van der Waals surface area contributed by atoms with Crippen LogP contribution in [0.5, 0.6) is 0 Å². The van der Waals surface area contributed by atoms with E-state index in [0.717, 1.165) is 16.6 Å². The molecule has 9 heteroatoms. The highest BCUT2D eigenvalue weighted by molar-refractivity contribution is 7.92. The minimum atomic E-state index is -3.98. The van der Waals surface area contributed by atoms with Crippen LogP contribution in [0, 0.1) is 0 Å². The quantitative estimate of drug-likeness (QED) is 0.786. The van der Waals surface area contributed by atoms with E-state index in [2.05, 4.69) is 4.98 Å². The first-order valence-electron chi connectivity index (χ1n) is 5.59. The Morgan fingerprint density at radius 1 is 1.42 bits per heavy atom. The molecule has 19 heavy (non-hydrogen) atoms. The molecule has 1 aromatic rings. The van der Waals surface area contributed by atoms with Gasteiger partial charge in [-0.2, -0.15) is 4.31 Å². The third-order valence-corrected chi connectivity index (χ3v) is 6.85. The van der Waals surface area contributed by atoms with Crippen LogP contribution in [-0.2, 0) is 19.9 Å². The number of sulfone groups is 1. The molecule has 0 spiro atoms. The molecule has 1 aromatic heterocycles. The lowest BCUT2D eigenvalue weighted by Crippen LogP contribution is -2.39. The summed E-state index contributed by atoms with van der Waals surface area (Å²) in [6, 6.07) is 0.501. The summed E-state index contributed by atoms with van der Waals surface area (Å²) < 4.78 is 48.3. The summed E-state index contributed by atoms with van der Waals surface area (Å²) in [5, 5.41) is 0. The number of aromatic nitrogens is 1. The Labute approximate surface area is 111 Å². The fourth-order valence-corrected chi connectivity index (χ4v) is 5.31. The highest BCUT2D eigenvalue weighted by Crippen LogP contribution is 2.21. The summed E-state index contributed by atoms with van der Waals surface area (Å²) in [6.45, 7) is 0. The van der Waals surface area contributed by atoms with Crippen LogP contribution in [0.15, 0.2) is 28.2 Å². The van der Waals surface area contributed by atoms with Gasteiger partial charge in [-0.05, 0) is 6.42 Å². The third kappa shape index (κ3) is 2.72. The zero-order valence-corrected chi connectivity index (χ0v) is 11.9. The Balaban J connectivity index is 2.36. The molecule has 1 aliphatic rings. The lowest BCUT2D eigenvalue weighted by molar-refractivity contribution is 0.393. The van der Waals surface area contributed by atoms with Crippen molar-refractivity contribution in [2.24, 2.45) is 0 Å². The van der Waals surface area contributed by atoms with Crippen molar-refractivity contribution < 1.29 is 16.8 Å². The number of aromatic amines is 1. The van der Waals surface area contributed by atoms with E-state index in [1.54, 1.807) is 0 Å². The molecule has 1 unspecified atom stereocenters. The van der Waals surface area contributed by atoms with E-state index in [4.69, 9.17) is 0 Å². The van der Waals surface area contributed by atoms with Crippen LogP contribution in [0.2, 0.25) is 0 Å². The smallest absolute Gasteiger partial charge is 0.248 e. The molecule has 1 saturated heterocycles. The molecule has 0 aromatic carbocycles. The SMILES string of the molecule is CN(C1CCS(=O)(=O)C1)S(=O)(=O)c1c[nH]ccc1=O. The number of sulfonamides is 1. The molecular formula is C10H14N2O5S2. The minimum Gasteiger partial charge on any atom is -0.366 e. The minimum absolute atomic E-state index is 0.0251. The molecule has 0 saturated carbocycles. The molecule has 2 rings (SSSR count). The van der Waals surface area contributed by atoms with Crippen molar-refractivity contribution in [1.82, 2.24) is 9.29 Å². The molecule has 0 radical (unpaired) electrons. The van der Waals surface area contributed by atoms with Gasteiger partial charge in [0.1, 0.15) is 4.90 Å². The second kappa shape index (κ2) is 4.73. The highest BCUT2D eigenvalue weighted by Gasteiger charge is 2.37. The van der Waals surface area contributed by atoms with Crippen molar-refractivity contribution in [3.05, 3.63) is 28.7 Å². The third-order valence-electron chi connectivity index (χ3n) is 3.17. The van der Waals surface area contributed by atoms with Gasteiger partial charge in [-0.3, -0.25) is 4.79 Å². The number of nitrogens with one attached hydrogen (secondary N) is 1. The van der Waals surface area contributed by atoms with Gasteiger partial charge in [0, 0.05) is 31.5 Å². The van der Waals surface area contributed by atoms with Crippen molar-refractivity contribution >= 4 is 19.9 Å². The van der Waals surface area contributed by atoms with E-state index in [1.165, 1.54) is 13.2 Å². The number of hydrogen-bond donors (Lipinski definition) is 1. The van der Waals surface area contributed by atoms with Gasteiger partial charge >= 0.3 is 0 Å². The van der Waals surface area contributed by atoms with E-state index < -0.39 is 31.3 Å². The fraction of sp³-hybridized carbons (Fsp3) is 0.500. The topological polar surface area (TPSA) is 104 Å². The van der Waals surface area contributed by atoms with Crippen LogP contribution in [0.25, 0.3) is 0 Å². The number of rotatable bonds is 3. The lowest BCUT2D eigenvalue weighted by Gasteiger charge is -2.22. The number of nitrogens with zero attached hydrogens (tertiary/aromatic N) is 1. The van der Waals surface area contributed by atoms with Crippen LogP contribution in [0.1, 0.15) is 6.42 Å². The largest absolute Gasteiger partial charge is 0.366 e. The molecule has 106 valence electrons. The molecule has 2 heterocycles. The zero-order chi connectivity index (χ0) is 14.3. The summed E-state index contributed by atoms with van der Waals surface area (Å²) in [7, 11) is -5.86. The monoisotopic (exact) mass is 306 g/mol. The van der Waals surface area contributed by atoms with Crippen molar-refractivity contribution in [1.29, 1.82) is 0 Å². The molecule has 0 amide bonds. The maximum Gasteiger partial charge on any atom is 0.248 e. The van der Waals surface area contributed by atoms with Crippen LogP contribution in [-0.4, -0.2) is 50.7 Å². The van der Waals surface area contributed by atoms with Gasteiger partial charge in [0.2, 0.25) is 15.5 Å². The zero-order valence-electron chi connectivity index (χ0n) is 10.2. The normalized spacial score (nSPS) is 22.7. The Hall–Kier alpha value is -1.19. The fourth-order valence-electron chi connectivity index (χ4n) is 2.02. The van der Waals surface area contributed by atoms with Crippen molar-refractivity contribution in [2.75, 3.05) is 18.6 Å². The van der Waals surface area contributed by atoms with Gasteiger partial charge in [-0.15, -0.1) is 0 Å². The van der Waals surface area contributed by atoms with E-state index >= 15 is 0 Å². The number of hydrogen-bond acceptors (Lipinski definition) is 5. The molecule has 1 atom stereocenters. The van der Waals surface area contributed by atoms with Gasteiger partial charge in [-0.25, -0.2) is 16.8 Å². The number of H-pyrrole nitrogens is 1. The standard InChI is InChI=1S/C10H14N2O5S2/c1-12(8-3-5-18(14,15)7-8)19(16,17)10-6-11-4-2-9(10)13/h2,4,6,8H,3,5,7H2,1H3,(H,11,13). The van der Waals surface area contributed by atoms with E-state index in [1.807, 2.05) is 0 Å². The first-order chi connectivity index (χ1) is 8.74. The van der Waals surface area contributed by atoms with Crippen molar-refractivity contribution in [2.45, 2.75) is 17.4 Å². The first-order valence-corrected chi connectivity index (χ1v) is 8.86. The Morgan fingerprint density at radius 2 is 2.11 bits per heavy atom. The summed E-state index contributed by atoms with van der Waals surface area (Å²) in [4.78, 5) is 13.7. The van der Waals surface area contributed by atoms with Crippen molar-refractivity contribution in [3.63, 3.8) is 0 Å². The predicted molar refractivity (Wildman–Crippen MR) is 69.1 cm³/mol. The maximum absolute atomic E-state index is 12.3. The predicted octanol–water partition coefficient (Wildman–Crippen LogP) is -0.817. The van der Waals surface area contributed by atoms with Gasteiger partial charge in [0.15, 0.2) is 9.84 Å². The van der Waals surface area contributed by atoms with E-state index in [-0.39, 0.29) is 22.8 Å². The summed E-state index contributed by atoms with van der Waals surface area (Å²) in [5.41, 5.74) is -0.619.